The maximum absolute atomic E-state index is 13.3. The van der Waals surface area contributed by atoms with Crippen LogP contribution in [0.5, 0.6) is 0 Å². The molecule has 1 amide bonds. The molecule has 0 atom stereocenters. The summed E-state index contributed by atoms with van der Waals surface area (Å²) in [6.45, 7) is 1.61. The summed E-state index contributed by atoms with van der Waals surface area (Å²) < 4.78 is 13.3. The van der Waals surface area contributed by atoms with Gasteiger partial charge in [0.05, 0.1) is 9.80 Å². The van der Waals surface area contributed by atoms with Crippen LogP contribution in [-0.2, 0) is 0 Å². The zero-order valence-corrected chi connectivity index (χ0v) is 10.7. The van der Waals surface area contributed by atoms with Gasteiger partial charge in [-0.2, -0.15) is 0 Å². The van der Waals surface area contributed by atoms with Crippen LogP contribution < -0.4 is 5.32 Å². The van der Waals surface area contributed by atoms with E-state index in [1.807, 2.05) is 0 Å². The Balaban J connectivity index is 2.15. The summed E-state index contributed by atoms with van der Waals surface area (Å²) in [7, 11) is 0. The third kappa shape index (κ3) is 2.94. The molecule has 1 aromatic heterocycles. The fourth-order valence-corrected chi connectivity index (χ4v) is 2.13. The molecule has 0 unspecified atom stereocenters. The van der Waals surface area contributed by atoms with Crippen molar-refractivity contribution in [3.8, 4) is 0 Å². The Kier molecular flexibility index (Phi) is 3.57. The number of anilines is 1. The molecule has 7 heteroatoms. The number of thiophene rings is 1. The van der Waals surface area contributed by atoms with Gasteiger partial charge in [0.15, 0.2) is 0 Å². The minimum Gasteiger partial charge on any atom is -0.321 e. The number of carbonyl (C=O) groups is 1. The lowest BCUT2D eigenvalue weighted by molar-refractivity contribution is -0.380. The first-order chi connectivity index (χ1) is 8.97. The Hall–Kier alpha value is -2.28. The molecule has 19 heavy (non-hydrogen) atoms. The quantitative estimate of drug-likeness (QED) is 0.692. The monoisotopic (exact) mass is 280 g/mol. The van der Waals surface area contributed by atoms with Gasteiger partial charge in [-0.1, -0.05) is 17.4 Å². The summed E-state index contributed by atoms with van der Waals surface area (Å²) in [5.74, 6) is -0.920. The number of amides is 1. The van der Waals surface area contributed by atoms with Gasteiger partial charge in [0.25, 0.3) is 5.91 Å². The number of nitro groups is 1. The third-order valence-corrected chi connectivity index (χ3v) is 3.46. The van der Waals surface area contributed by atoms with Crippen LogP contribution in [0.15, 0.2) is 30.3 Å². The van der Waals surface area contributed by atoms with E-state index in [-0.39, 0.29) is 9.88 Å². The first kappa shape index (κ1) is 13.2. The van der Waals surface area contributed by atoms with E-state index in [0.717, 1.165) is 11.3 Å². The average molecular weight is 280 g/mol. The average Bonchev–Trinajstić information content (AvgIpc) is 2.83. The van der Waals surface area contributed by atoms with Crippen LogP contribution in [0.2, 0.25) is 0 Å². The Morgan fingerprint density at radius 1 is 1.37 bits per heavy atom. The van der Waals surface area contributed by atoms with Gasteiger partial charge < -0.3 is 5.32 Å². The van der Waals surface area contributed by atoms with Gasteiger partial charge in [0.1, 0.15) is 5.82 Å². The van der Waals surface area contributed by atoms with Gasteiger partial charge >= 0.3 is 5.00 Å². The van der Waals surface area contributed by atoms with Crippen molar-refractivity contribution in [2.45, 2.75) is 6.92 Å². The number of aryl methyl sites for hydroxylation is 1. The normalized spacial score (nSPS) is 10.2. The third-order valence-electron chi connectivity index (χ3n) is 2.43. The fourth-order valence-electron chi connectivity index (χ4n) is 1.41. The molecule has 0 aliphatic heterocycles. The molecular formula is C12H9FN2O3S. The highest BCUT2D eigenvalue weighted by molar-refractivity contribution is 7.17. The lowest BCUT2D eigenvalue weighted by atomic mass is 10.2. The van der Waals surface area contributed by atoms with Crippen molar-refractivity contribution in [1.82, 2.24) is 0 Å². The largest absolute Gasteiger partial charge is 0.324 e. The number of nitrogens with zero attached hydrogens (tertiary/aromatic N) is 1. The summed E-state index contributed by atoms with van der Waals surface area (Å²) in [6, 6.07) is 6.94. The van der Waals surface area contributed by atoms with E-state index in [1.54, 1.807) is 19.1 Å². The molecule has 0 aliphatic carbocycles. The van der Waals surface area contributed by atoms with Crippen molar-refractivity contribution in [2.75, 3.05) is 5.32 Å². The SMILES string of the molecule is Cc1ccc(NC(=O)c2ccc([N+](=O)[O-])s2)cc1F. The first-order valence-electron chi connectivity index (χ1n) is 5.29. The fraction of sp³-hybridized carbons (Fsp3) is 0.0833. The molecule has 1 heterocycles. The van der Waals surface area contributed by atoms with E-state index < -0.39 is 16.6 Å². The molecule has 1 N–H and O–H groups in total. The van der Waals surface area contributed by atoms with Crippen LogP contribution in [0.1, 0.15) is 15.2 Å². The molecular weight excluding hydrogens is 271 g/mol. The number of nitrogens with one attached hydrogen (secondary N) is 1. The summed E-state index contributed by atoms with van der Waals surface area (Å²) in [5, 5.41) is 12.9. The number of halogens is 1. The molecule has 0 radical (unpaired) electrons. The summed E-state index contributed by atoms with van der Waals surface area (Å²) in [6.07, 6.45) is 0. The lowest BCUT2D eigenvalue weighted by Gasteiger charge is -2.04. The minimum absolute atomic E-state index is 0.111. The molecule has 0 fully saturated rings. The molecule has 5 nitrogen and oxygen atoms in total. The first-order valence-corrected chi connectivity index (χ1v) is 6.11. The number of hydrogen-bond acceptors (Lipinski definition) is 4. The van der Waals surface area contributed by atoms with Crippen LogP contribution in [0.3, 0.4) is 0 Å². The molecule has 1 aromatic carbocycles. The van der Waals surface area contributed by atoms with Crippen LogP contribution in [0.25, 0.3) is 0 Å². The molecule has 2 rings (SSSR count). The van der Waals surface area contributed by atoms with Crippen LogP contribution in [-0.4, -0.2) is 10.8 Å². The molecule has 0 saturated carbocycles. The predicted molar refractivity (Wildman–Crippen MR) is 70.1 cm³/mol. The number of benzene rings is 1. The van der Waals surface area contributed by atoms with Gasteiger partial charge in [-0.25, -0.2) is 4.39 Å². The topological polar surface area (TPSA) is 72.2 Å². The summed E-state index contributed by atoms with van der Waals surface area (Å²) in [5.41, 5.74) is 0.786. The lowest BCUT2D eigenvalue weighted by Crippen LogP contribution is -2.10. The van der Waals surface area contributed by atoms with Crippen molar-refractivity contribution in [3.05, 3.63) is 56.7 Å². The van der Waals surface area contributed by atoms with E-state index in [0.29, 0.717) is 11.3 Å². The Morgan fingerprint density at radius 2 is 2.11 bits per heavy atom. The van der Waals surface area contributed by atoms with E-state index in [9.17, 15) is 19.3 Å². The van der Waals surface area contributed by atoms with Gasteiger partial charge in [-0.15, -0.1) is 0 Å². The highest BCUT2D eigenvalue weighted by Gasteiger charge is 2.15. The highest BCUT2D eigenvalue weighted by atomic mass is 32.1. The molecule has 2 aromatic rings. The predicted octanol–water partition coefficient (Wildman–Crippen LogP) is 3.36. The second-order valence-corrected chi connectivity index (χ2v) is 4.88. The number of rotatable bonds is 3. The summed E-state index contributed by atoms with van der Waals surface area (Å²) >= 11 is 0.771. The Morgan fingerprint density at radius 3 is 2.68 bits per heavy atom. The summed E-state index contributed by atoms with van der Waals surface area (Å²) in [4.78, 5) is 22.0. The second-order valence-electron chi connectivity index (χ2n) is 3.81. The minimum atomic E-state index is -0.563. The van der Waals surface area contributed by atoms with Crippen molar-refractivity contribution in [2.24, 2.45) is 0 Å². The van der Waals surface area contributed by atoms with Crippen molar-refractivity contribution >= 4 is 27.9 Å². The van der Waals surface area contributed by atoms with Crippen LogP contribution in [0.4, 0.5) is 15.1 Å². The number of hydrogen-bond donors (Lipinski definition) is 1. The molecule has 98 valence electrons. The second kappa shape index (κ2) is 5.15. The zero-order valence-electron chi connectivity index (χ0n) is 9.84. The zero-order chi connectivity index (χ0) is 14.0. The van der Waals surface area contributed by atoms with Gasteiger partial charge in [0.2, 0.25) is 0 Å². The van der Waals surface area contributed by atoms with Crippen molar-refractivity contribution in [1.29, 1.82) is 0 Å². The van der Waals surface area contributed by atoms with Gasteiger partial charge in [0, 0.05) is 11.8 Å². The van der Waals surface area contributed by atoms with E-state index >= 15 is 0 Å². The van der Waals surface area contributed by atoms with Crippen LogP contribution >= 0.6 is 11.3 Å². The van der Waals surface area contributed by atoms with Crippen molar-refractivity contribution in [3.63, 3.8) is 0 Å². The Labute approximate surface area is 111 Å². The maximum Gasteiger partial charge on any atom is 0.324 e. The molecule has 0 bridgehead atoms. The van der Waals surface area contributed by atoms with Gasteiger partial charge in [-0.3, -0.25) is 14.9 Å². The van der Waals surface area contributed by atoms with Crippen molar-refractivity contribution < 1.29 is 14.1 Å². The smallest absolute Gasteiger partial charge is 0.321 e. The molecule has 0 saturated heterocycles. The van der Waals surface area contributed by atoms with E-state index in [1.165, 1.54) is 18.2 Å². The Bertz CT molecular complexity index is 654. The van der Waals surface area contributed by atoms with Gasteiger partial charge in [-0.05, 0) is 30.7 Å². The number of carbonyl (C=O) groups excluding carboxylic acids is 1. The van der Waals surface area contributed by atoms with E-state index in [4.69, 9.17) is 0 Å². The molecule has 0 spiro atoms. The van der Waals surface area contributed by atoms with E-state index in [2.05, 4.69) is 5.32 Å². The highest BCUT2D eigenvalue weighted by Crippen LogP contribution is 2.25. The standard InChI is InChI=1S/C12H9FN2O3S/c1-7-2-3-8(6-9(7)13)14-12(16)10-4-5-11(19-10)15(17)18/h2-6H,1H3,(H,14,16). The molecule has 0 aliphatic rings. The maximum atomic E-state index is 13.3. The van der Waals surface area contributed by atoms with Crippen LogP contribution in [0, 0.1) is 22.9 Å².